The van der Waals surface area contributed by atoms with Crippen molar-refractivity contribution >= 4 is 50.8 Å². The van der Waals surface area contributed by atoms with E-state index in [1.165, 1.54) is 22.7 Å². The van der Waals surface area contributed by atoms with E-state index in [1.54, 1.807) is 11.3 Å². The molecule has 0 saturated heterocycles. The van der Waals surface area contributed by atoms with E-state index in [2.05, 4.69) is 26.9 Å². The number of hydrogen-bond acceptors (Lipinski definition) is 9. The Hall–Kier alpha value is -2.13. The van der Waals surface area contributed by atoms with Gasteiger partial charge in [-0.3, -0.25) is 0 Å². The Morgan fingerprint density at radius 3 is 2.35 bits per heavy atom. The number of hydrogen-bond donors (Lipinski definition) is 3. The van der Waals surface area contributed by atoms with Gasteiger partial charge in [0.25, 0.3) is 0 Å². The van der Waals surface area contributed by atoms with E-state index in [0.29, 0.717) is 28.4 Å². The number of nitrogens with zero attached hydrogens (tertiary/aromatic N) is 4. The van der Waals surface area contributed by atoms with Crippen LogP contribution in [-0.2, 0) is 0 Å². The van der Waals surface area contributed by atoms with E-state index in [4.69, 9.17) is 17.2 Å². The number of rotatable bonds is 3. The normalized spacial score (nSPS) is 12.7. The molecule has 23 heavy (non-hydrogen) atoms. The second-order valence-corrected chi connectivity index (χ2v) is 7.70. The molecule has 0 aliphatic carbocycles. The zero-order chi connectivity index (χ0) is 16.7. The van der Waals surface area contributed by atoms with E-state index in [-0.39, 0.29) is 5.25 Å². The van der Waals surface area contributed by atoms with Crippen LogP contribution in [0.15, 0.2) is 11.2 Å². The van der Waals surface area contributed by atoms with Crippen molar-refractivity contribution in [2.24, 2.45) is 0 Å². The van der Waals surface area contributed by atoms with E-state index in [1.807, 2.05) is 13.8 Å². The lowest BCUT2D eigenvalue weighted by Gasteiger charge is -2.10. The number of aromatic nitrogens is 4. The lowest BCUT2D eigenvalue weighted by molar-refractivity contribution is 0.919. The summed E-state index contributed by atoms with van der Waals surface area (Å²) in [6, 6.07) is 1.52. The van der Waals surface area contributed by atoms with Crippen molar-refractivity contribution in [1.82, 2.24) is 19.9 Å². The molecule has 0 fully saturated rings. The van der Waals surface area contributed by atoms with E-state index in [0.717, 1.165) is 15.8 Å². The summed E-state index contributed by atoms with van der Waals surface area (Å²) < 4.78 is 0. The average molecular weight is 347 g/mol. The van der Waals surface area contributed by atoms with Crippen LogP contribution in [0.3, 0.4) is 0 Å². The highest BCUT2D eigenvalue weighted by atomic mass is 32.2. The third-order valence-electron chi connectivity index (χ3n) is 3.47. The first-order chi connectivity index (χ1) is 10.8. The predicted molar refractivity (Wildman–Crippen MR) is 96.4 cm³/mol. The van der Waals surface area contributed by atoms with Crippen molar-refractivity contribution in [2.45, 2.75) is 31.2 Å². The summed E-state index contributed by atoms with van der Waals surface area (Å²) in [5.41, 5.74) is 18.7. The Morgan fingerprint density at radius 2 is 1.70 bits per heavy atom. The number of anilines is 3. The molecule has 0 aromatic carbocycles. The summed E-state index contributed by atoms with van der Waals surface area (Å²) in [7, 11) is 0. The van der Waals surface area contributed by atoms with Crippen LogP contribution in [0.2, 0.25) is 0 Å². The molecule has 9 heteroatoms. The maximum absolute atomic E-state index is 6.13. The van der Waals surface area contributed by atoms with E-state index in [9.17, 15) is 0 Å². The van der Waals surface area contributed by atoms with Crippen molar-refractivity contribution < 1.29 is 0 Å². The maximum atomic E-state index is 6.13. The molecule has 3 aromatic heterocycles. The van der Waals surface area contributed by atoms with Gasteiger partial charge in [-0.1, -0.05) is 11.8 Å². The Balaban J connectivity index is 1.96. The van der Waals surface area contributed by atoms with Crippen LogP contribution in [0.5, 0.6) is 0 Å². The van der Waals surface area contributed by atoms with Crippen LogP contribution >= 0.6 is 23.1 Å². The summed E-state index contributed by atoms with van der Waals surface area (Å²) in [5, 5.41) is 1.36. The molecule has 6 N–H and O–H groups in total. The fourth-order valence-electron chi connectivity index (χ4n) is 2.21. The van der Waals surface area contributed by atoms with Crippen molar-refractivity contribution in [2.75, 3.05) is 17.2 Å². The number of nitrogen functional groups attached to an aromatic ring is 3. The molecule has 3 rings (SSSR count). The van der Waals surface area contributed by atoms with Gasteiger partial charge in [0.2, 0.25) is 0 Å². The molecule has 1 unspecified atom stereocenters. The highest BCUT2D eigenvalue weighted by molar-refractivity contribution is 7.99. The molecular formula is C14H17N7S2. The molecule has 3 aromatic rings. The Bertz CT molecular complexity index is 870. The second-order valence-electron chi connectivity index (χ2n) is 5.19. The second kappa shape index (κ2) is 5.82. The molecule has 0 saturated carbocycles. The predicted octanol–water partition coefficient (Wildman–Crippen LogP) is 2.70. The molecule has 0 aliphatic heterocycles. The van der Waals surface area contributed by atoms with Gasteiger partial charge in [0.05, 0.1) is 10.6 Å². The zero-order valence-corrected chi connectivity index (χ0v) is 14.6. The Morgan fingerprint density at radius 1 is 1.04 bits per heavy atom. The topological polar surface area (TPSA) is 130 Å². The smallest absolute Gasteiger partial charge is 0.192 e. The third-order valence-corrected chi connectivity index (χ3v) is 5.52. The molecule has 0 radical (unpaired) electrons. The molecule has 7 nitrogen and oxygen atoms in total. The van der Waals surface area contributed by atoms with Crippen LogP contribution < -0.4 is 17.2 Å². The Kier molecular flexibility index (Phi) is 3.99. The molecule has 120 valence electrons. The van der Waals surface area contributed by atoms with Gasteiger partial charge in [0.1, 0.15) is 28.1 Å². The summed E-state index contributed by atoms with van der Waals surface area (Å²) in [6.07, 6.45) is 0. The summed E-state index contributed by atoms with van der Waals surface area (Å²) in [6.45, 7) is 6.07. The minimum Gasteiger partial charge on any atom is -0.383 e. The molecule has 0 spiro atoms. The highest BCUT2D eigenvalue weighted by Crippen LogP contribution is 2.36. The standard InChI is InChI=1S/C14H17N7S2/c1-5-6(2)22-13-10(5)11(17)20-12(21-13)7(3)23-14-18-8(15)4-9(16)19-14/h4,7H,1-3H3,(H2,17,20,21)(H4,15,16,18,19). The highest BCUT2D eigenvalue weighted by Gasteiger charge is 2.18. The molecular weight excluding hydrogens is 330 g/mol. The lowest BCUT2D eigenvalue weighted by Crippen LogP contribution is -2.04. The van der Waals surface area contributed by atoms with Crippen LogP contribution in [0, 0.1) is 13.8 Å². The first kappa shape index (κ1) is 15.8. The molecule has 3 heterocycles. The summed E-state index contributed by atoms with van der Waals surface area (Å²) in [5.74, 6) is 1.83. The number of aryl methyl sites for hydroxylation is 2. The van der Waals surface area contributed by atoms with Crippen LogP contribution in [0.1, 0.15) is 28.4 Å². The van der Waals surface area contributed by atoms with Crippen molar-refractivity contribution in [3.63, 3.8) is 0 Å². The van der Waals surface area contributed by atoms with Crippen molar-refractivity contribution in [1.29, 1.82) is 0 Å². The minimum absolute atomic E-state index is 0.0781. The molecule has 0 bridgehead atoms. The number of nitrogens with two attached hydrogens (primary N) is 3. The van der Waals surface area contributed by atoms with E-state index >= 15 is 0 Å². The lowest BCUT2D eigenvalue weighted by atomic mass is 10.2. The van der Waals surface area contributed by atoms with E-state index < -0.39 is 0 Å². The average Bonchev–Trinajstić information content (AvgIpc) is 2.73. The number of thiophene rings is 1. The largest absolute Gasteiger partial charge is 0.383 e. The number of thioether (sulfide) groups is 1. The van der Waals surface area contributed by atoms with Crippen molar-refractivity contribution in [3.05, 3.63) is 22.3 Å². The first-order valence-electron chi connectivity index (χ1n) is 6.95. The fourth-order valence-corrected chi connectivity index (χ4v) is 4.09. The Labute approximate surface area is 141 Å². The van der Waals surface area contributed by atoms with Gasteiger partial charge in [-0.25, -0.2) is 19.9 Å². The van der Waals surface area contributed by atoms with Gasteiger partial charge in [-0.15, -0.1) is 11.3 Å². The van der Waals surface area contributed by atoms with Gasteiger partial charge in [0.15, 0.2) is 5.16 Å². The molecule has 0 amide bonds. The van der Waals surface area contributed by atoms with Gasteiger partial charge in [0, 0.05) is 10.9 Å². The van der Waals surface area contributed by atoms with Gasteiger partial charge in [-0.05, 0) is 26.3 Å². The third kappa shape index (κ3) is 3.02. The van der Waals surface area contributed by atoms with Crippen molar-refractivity contribution in [3.8, 4) is 0 Å². The van der Waals surface area contributed by atoms with Gasteiger partial charge >= 0.3 is 0 Å². The monoisotopic (exact) mass is 347 g/mol. The molecule has 1 atom stereocenters. The summed E-state index contributed by atoms with van der Waals surface area (Å²) in [4.78, 5) is 19.5. The quantitative estimate of drug-likeness (QED) is 0.487. The van der Waals surface area contributed by atoms with Gasteiger partial charge < -0.3 is 17.2 Å². The fraction of sp³-hybridized carbons (Fsp3) is 0.286. The zero-order valence-electron chi connectivity index (χ0n) is 13.0. The first-order valence-corrected chi connectivity index (χ1v) is 8.64. The van der Waals surface area contributed by atoms with Crippen LogP contribution in [-0.4, -0.2) is 19.9 Å². The molecule has 0 aliphatic rings. The summed E-state index contributed by atoms with van der Waals surface area (Å²) >= 11 is 3.02. The van der Waals surface area contributed by atoms with Crippen LogP contribution in [0.4, 0.5) is 17.5 Å². The van der Waals surface area contributed by atoms with Gasteiger partial charge in [-0.2, -0.15) is 0 Å². The SMILES string of the molecule is Cc1sc2nc(C(C)Sc3nc(N)cc(N)n3)nc(N)c2c1C. The minimum atomic E-state index is -0.0781. The maximum Gasteiger partial charge on any atom is 0.192 e. The number of fused-ring (bicyclic) bond motifs is 1. The van der Waals surface area contributed by atoms with Crippen LogP contribution in [0.25, 0.3) is 10.2 Å².